The second kappa shape index (κ2) is 11.6. The van der Waals surface area contributed by atoms with Gasteiger partial charge >= 0.3 is 6.18 Å². The van der Waals surface area contributed by atoms with Crippen LogP contribution in [0.1, 0.15) is 38.3 Å². The summed E-state index contributed by atoms with van der Waals surface area (Å²) in [6, 6.07) is 11.4. The van der Waals surface area contributed by atoms with Crippen LogP contribution < -0.4 is 9.62 Å². The van der Waals surface area contributed by atoms with Gasteiger partial charge in [0.15, 0.2) is 0 Å². The average Bonchev–Trinajstić information content (AvgIpc) is 2.79. The zero-order valence-corrected chi connectivity index (χ0v) is 20.9. The molecule has 2 amide bonds. The van der Waals surface area contributed by atoms with Gasteiger partial charge in [-0.2, -0.15) is 13.2 Å². The summed E-state index contributed by atoms with van der Waals surface area (Å²) in [5.41, 5.74) is -0.639. The molecule has 7 nitrogen and oxygen atoms in total. The van der Waals surface area contributed by atoms with Gasteiger partial charge in [-0.25, -0.2) is 8.42 Å². The van der Waals surface area contributed by atoms with Gasteiger partial charge in [-0.3, -0.25) is 13.9 Å². The monoisotopic (exact) mass is 513 g/mol. The van der Waals surface area contributed by atoms with Crippen LogP contribution in [0.4, 0.5) is 18.9 Å². The van der Waals surface area contributed by atoms with Gasteiger partial charge < -0.3 is 10.2 Å². The Morgan fingerprint density at radius 2 is 1.66 bits per heavy atom. The minimum absolute atomic E-state index is 0.00889. The minimum Gasteiger partial charge on any atom is -0.352 e. The predicted octanol–water partition coefficient (Wildman–Crippen LogP) is 3.80. The van der Waals surface area contributed by atoms with E-state index in [9.17, 15) is 31.2 Å². The van der Waals surface area contributed by atoms with E-state index in [1.807, 2.05) is 13.8 Å². The van der Waals surface area contributed by atoms with Gasteiger partial charge in [0.2, 0.25) is 21.8 Å². The quantitative estimate of drug-likeness (QED) is 0.524. The van der Waals surface area contributed by atoms with Gasteiger partial charge in [0.1, 0.15) is 12.6 Å². The smallest absolute Gasteiger partial charge is 0.352 e. The number of sulfonamides is 1. The highest BCUT2D eigenvalue weighted by Crippen LogP contribution is 2.32. The van der Waals surface area contributed by atoms with Crippen molar-refractivity contribution in [2.75, 3.05) is 17.1 Å². The molecule has 0 aliphatic rings. The largest absolute Gasteiger partial charge is 0.416 e. The Morgan fingerprint density at radius 3 is 2.20 bits per heavy atom. The van der Waals surface area contributed by atoms with Crippen molar-refractivity contribution in [3.05, 3.63) is 65.7 Å². The van der Waals surface area contributed by atoms with Crippen LogP contribution >= 0.6 is 0 Å². The lowest BCUT2D eigenvalue weighted by atomic mass is 10.1. The molecule has 35 heavy (non-hydrogen) atoms. The molecule has 0 heterocycles. The summed E-state index contributed by atoms with van der Waals surface area (Å²) in [4.78, 5) is 27.4. The van der Waals surface area contributed by atoms with Crippen LogP contribution in [0.15, 0.2) is 54.6 Å². The second-order valence-corrected chi connectivity index (χ2v) is 10.2. The Hall–Kier alpha value is -3.08. The molecule has 0 saturated carbocycles. The molecule has 0 aliphatic carbocycles. The third kappa shape index (κ3) is 7.98. The number of hydrogen-bond donors (Lipinski definition) is 1. The number of hydrogen-bond acceptors (Lipinski definition) is 4. The summed E-state index contributed by atoms with van der Waals surface area (Å²) in [5.74, 6) is -1.16. The van der Waals surface area contributed by atoms with E-state index in [0.29, 0.717) is 22.4 Å². The van der Waals surface area contributed by atoms with Gasteiger partial charge in [-0.15, -0.1) is 0 Å². The zero-order valence-electron chi connectivity index (χ0n) is 20.0. The summed E-state index contributed by atoms with van der Waals surface area (Å²) in [6.07, 6.45) is -3.21. The van der Waals surface area contributed by atoms with E-state index in [-0.39, 0.29) is 18.3 Å². The number of rotatable bonds is 10. The molecule has 2 aromatic rings. The van der Waals surface area contributed by atoms with Crippen molar-refractivity contribution < 1.29 is 31.2 Å². The fraction of sp³-hybridized carbons (Fsp3) is 0.417. The van der Waals surface area contributed by atoms with Gasteiger partial charge in [-0.1, -0.05) is 43.3 Å². The van der Waals surface area contributed by atoms with Crippen LogP contribution in [0.3, 0.4) is 0 Å². The summed E-state index contributed by atoms with van der Waals surface area (Å²) in [7, 11) is -4.13. The molecule has 1 N–H and O–H groups in total. The van der Waals surface area contributed by atoms with Crippen molar-refractivity contribution in [1.82, 2.24) is 10.2 Å². The van der Waals surface area contributed by atoms with E-state index < -0.39 is 46.2 Å². The van der Waals surface area contributed by atoms with Crippen molar-refractivity contribution >= 4 is 27.5 Å². The molecular weight excluding hydrogens is 483 g/mol. The first-order valence-electron chi connectivity index (χ1n) is 11.0. The summed E-state index contributed by atoms with van der Waals surface area (Å²) in [5, 5.41) is 2.80. The van der Waals surface area contributed by atoms with Crippen LogP contribution in [0.25, 0.3) is 0 Å². The van der Waals surface area contributed by atoms with Crippen molar-refractivity contribution in [3.8, 4) is 0 Å². The van der Waals surface area contributed by atoms with Crippen LogP contribution in [0, 0.1) is 0 Å². The normalized spacial score (nSPS) is 13.6. The maximum absolute atomic E-state index is 13.4. The van der Waals surface area contributed by atoms with E-state index in [0.717, 1.165) is 18.4 Å². The molecule has 0 radical (unpaired) electrons. The standard InChI is InChI=1S/C24H30F3N3O4S/c1-5-17(2)28-23(32)18(3)29(15-19-10-7-6-8-11-19)22(31)16-30(35(4,33)34)21-13-9-12-20(14-21)24(25,26)27/h6-14,17-18H,5,15-16H2,1-4H3,(H,28,32)/t17-,18-/m0/s1. The van der Waals surface area contributed by atoms with E-state index in [2.05, 4.69) is 5.32 Å². The first-order valence-corrected chi connectivity index (χ1v) is 12.9. The zero-order chi connectivity index (χ0) is 26.4. The molecule has 192 valence electrons. The van der Waals surface area contributed by atoms with Crippen LogP contribution in [-0.4, -0.2) is 50.0 Å². The molecule has 0 spiro atoms. The summed E-state index contributed by atoms with van der Waals surface area (Å²) >= 11 is 0. The Labute approximate surface area is 204 Å². The minimum atomic E-state index is -4.69. The molecule has 11 heteroatoms. The maximum atomic E-state index is 13.4. The van der Waals surface area contributed by atoms with Crippen LogP contribution in [-0.2, 0) is 32.3 Å². The number of carbonyl (C=O) groups excluding carboxylic acids is 2. The molecule has 0 saturated heterocycles. The second-order valence-electron chi connectivity index (χ2n) is 8.32. The van der Waals surface area contributed by atoms with E-state index in [1.165, 1.54) is 17.9 Å². The lowest BCUT2D eigenvalue weighted by Gasteiger charge is -2.32. The lowest BCUT2D eigenvalue weighted by molar-refractivity contribution is -0.139. The van der Waals surface area contributed by atoms with Gasteiger partial charge in [0, 0.05) is 12.6 Å². The molecule has 2 aromatic carbocycles. The van der Waals surface area contributed by atoms with Crippen LogP contribution in [0.2, 0.25) is 0 Å². The third-order valence-corrected chi connectivity index (χ3v) is 6.65. The number of anilines is 1. The average molecular weight is 514 g/mol. The Kier molecular flexibility index (Phi) is 9.31. The molecule has 0 aromatic heterocycles. The third-order valence-electron chi connectivity index (χ3n) is 5.50. The maximum Gasteiger partial charge on any atom is 0.416 e. The molecule has 2 rings (SSSR count). The first-order chi connectivity index (χ1) is 16.2. The van der Waals surface area contributed by atoms with Gasteiger partial charge in [0.25, 0.3) is 0 Å². The highest BCUT2D eigenvalue weighted by atomic mass is 32.2. The molecule has 0 aliphatic heterocycles. The number of nitrogens with one attached hydrogen (secondary N) is 1. The van der Waals surface area contributed by atoms with E-state index in [1.54, 1.807) is 30.3 Å². The number of nitrogens with zero attached hydrogens (tertiary/aromatic N) is 2. The highest BCUT2D eigenvalue weighted by Gasteiger charge is 2.33. The van der Waals surface area contributed by atoms with Gasteiger partial charge in [0.05, 0.1) is 17.5 Å². The number of amides is 2. The Bertz CT molecular complexity index is 1120. The number of carbonyl (C=O) groups is 2. The fourth-order valence-corrected chi connectivity index (χ4v) is 4.12. The fourth-order valence-electron chi connectivity index (χ4n) is 3.28. The lowest BCUT2D eigenvalue weighted by Crippen LogP contribution is -2.52. The molecular formula is C24H30F3N3O4S. The SMILES string of the molecule is CC[C@H](C)NC(=O)[C@H](C)N(Cc1ccccc1)C(=O)CN(c1cccc(C(F)(F)F)c1)S(C)(=O)=O. The van der Waals surface area contributed by atoms with E-state index >= 15 is 0 Å². The topological polar surface area (TPSA) is 86.8 Å². The van der Waals surface area contributed by atoms with Crippen molar-refractivity contribution in [3.63, 3.8) is 0 Å². The van der Waals surface area contributed by atoms with Crippen LogP contribution in [0.5, 0.6) is 0 Å². The molecule has 0 fully saturated rings. The van der Waals surface area contributed by atoms with Gasteiger partial charge in [-0.05, 0) is 44.0 Å². The molecule has 0 unspecified atom stereocenters. The number of alkyl halides is 3. The molecule has 2 atom stereocenters. The Balaban J connectivity index is 2.41. The van der Waals surface area contributed by atoms with E-state index in [4.69, 9.17) is 0 Å². The Morgan fingerprint density at radius 1 is 1.03 bits per heavy atom. The predicted molar refractivity (Wildman–Crippen MR) is 128 cm³/mol. The van der Waals surface area contributed by atoms with Crippen molar-refractivity contribution in [1.29, 1.82) is 0 Å². The number of halogens is 3. The van der Waals surface area contributed by atoms with Crippen molar-refractivity contribution in [2.45, 2.75) is 52.0 Å². The molecule has 0 bridgehead atoms. The summed E-state index contributed by atoms with van der Waals surface area (Å²) < 4.78 is 65.2. The summed E-state index contributed by atoms with van der Waals surface area (Å²) in [6.45, 7) is 4.46. The number of benzene rings is 2. The highest BCUT2D eigenvalue weighted by molar-refractivity contribution is 7.92. The first kappa shape index (κ1) is 28.2. The van der Waals surface area contributed by atoms with Crippen molar-refractivity contribution in [2.24, 2.45) is 0 Å².